The summed E-state index contributed by atoms with van der Waals surface area (Å²) in [7, 11) is 1.54. The van der Waals surface area contributed by atoms with Crippen molar-refractivity contribution in [2.24, 2.45) is 0 Å². The van der Waals surface area contributed by atoms with Gasteiger partial charge in [-0.1, -0.05) is 63.4 Å². The molecule has 1 N–H and O–H groups in total. The van der Waals surface area contributed by atoms with Gasteiger partial charge in [-0.05, 0) is 60.0 Å². The third-order valence-electron chi connectivity index (χ3n) is 5.61. The standard InChI is InChI=1S/C26H19BrCl2N2O4/c1-14-20(28)8-5-9-22(14)31-25(33)18(24(32)30-26(31)34)10-15-11-19(27)17(23(12-15)35-2)13-16-6-3-4-7-21(16)29/h3-12H,13H2,1-2H3,(H,30,32,34)/b18-10+. The fraction of sp³-hybridized carbons (Fsp3) is 0.115. The van der Waals surface area contributed by atoms with Gasteiger partial charge in [-0.3, -0.25) is 14.9 Å². The Labute approximate surface area is 220 Å². The van der Waals surface area contributed by atoms with Gasteiger partial charge in [0.1, 0.15) is 11.3 Å². The third-order valence-corrected chi connectivity index (χ3v) is 7.10. The molecule has 0 unspecified atom stereocenters. The second-order valence-corrected chi connectivity index (χ2v) is 9.46. The summed E-state index contributed by atoms with van der Waals surface area (Å²) in [5.74, 6) is -0.987. The molecule has 178 valence electrons. The van der Waals surface area contributed by atoms with E-state index in [0.29, 0.717) is 43.5 Å². The van der Waals surface area contributed by atoms with E-state index < -0.39 is 17.8 Å². The Kier molecular flexibility index (Phi) is 7.31. The molecule has 1 aliphatic rings. The molecule has 4 rings (SSSR count). The summed E-state index contributed by atoms with van der Waals surface area (Å²) in [6.45, 7) is 1.69. The first kappa shape index (κ1) is 25.0. The number of carbonyl (C=O) groups is 3. The fourth-order valence-electron chi connectivity index (χ4n) is 3.78. The summed E-state index contributed by atoms with van der Waals surface area (Å²) in [6.07, 6.45) is 1.93. The van der Waals surface area contributed by atoms with Crippen molar-refractivity contribution in [2.75, 3.05) is 12.0 Å². The first-order chi connectivity index (χ1) is 16.7. The molecule has 0 atom stereocenters. The summed E-state index contributed by atoms with van der Waals surface area (Å²) < 4.78 is 6.30. The average molecular weight is 574 g/mol. The highest BCUT2D eigenvalue weighted by molar-refractivity contribution is 9.10. The van der Waals surface area contributed by atoms with Gasteiger partial charge < -0.3 is 4.74 Å². The van der Waals surface area contributed by atoms with Crippen molar-refractivity contribution in [3.05, 3.63) is 96.9 Å². The van der Waals surface area contributed by atoms with Crippen LogP contribution in [0.3, 0.4) is 0 Å². The minimum Gasteiger partial charge on any atom is -0.496 e. The number of anilines is 1. The molecule has 0 saturated carbocycles. The lowest BCUT2D eigenvalue weighted by atomic mass is 10.0. The van der Waals surface area contributed by atoms with Crippen LogP contribution in [0.25, 0.3) is 6.08 Å². The number of hydrogen-bond acceptors (Lipinski definition) is 4. The summed E-state index contributed by atoms with van der Waals surface area (Å²) in [5, 5.41) is 3.26. The van der Waals surface area contributed by atoms with Crippen LogP contribution in [-0.4, -0.2) is 25.0 Å². The number of imide groups is 2. The van der Waals surface area contributed by atoms with Crippen LogP contribution in [0, 0.1) is 6.92 Å². The minimum atomic E-state index is -0.837. The first-order valence-electron chi connectivity index (χ1n) is 10.5. The number of rotatable bonds is 5. The van der Waals surface area contributed by atoms with E-state index in [1.165, 1.54) is 13.2 Å². The van der Waals surface area contributed by atoms with Crippen LogP contribution in [-0.2, 0) is 16.0 Å². The maximum absolute atomic E-state index is 13.3. The highest BCUT2D eigenvalue weighted by Gasteiger charge is 2.37. The van der Waals surface area contributed by atoms with Crippen LogP contribution < -0.4 is 15.0 Å². The Morgan fingerprint density at radius 3 is 2.46 bits per heavy atom. The zero-order valence-electron chi connectivity index (χ0n) is 18.7. The summed E-state index contributed by atoms with van der Waals surface area (Å²) >= 11 is 16.1. The molecule has 0 bridgehead atoms. The molecular weight excluding hydrogens is 555 g/mol. The van der Waals surface area contributed by atoms with E-state index >= 15 is 0 Å². The van der Waals surface area contributed by atoms with Crippen molar-refractivity contribution in [3.63, 3.8) is 0 Å². The summed E-state index contributed by atoms with van der Waals surface area (Å²) in [6, 6.07) is 15.0. The lowest BCUT2D eigenvalue weighted by Gasteiger charge is -2.27. The Bertz CT molecular complexity index is 1400. The lowest BCUT2D eigenvalue weighted by molar-refractivity contribution is -0.122. The van der Waals surface area contributed by atoms with Crippen LogP contribution in [0.5, 0.6) is 5.75 Å². The molecular formula is C26H19BrCl2N2O4. The molecule has 1 saturated heterocycles. The SMILES string of the molecule is COc1cc(/C=C2\C(=O)NC(=O)N(c3cccc(Cl)c3C)C2=O)cc(Br)c1Cc1ccccc1Cl. The van der Waals surface area contributed by atoms with E-state index in [-0.39, 0.29) is 5.57 Å². The number of carbonyl (C=O) groups excluding carboxylic acids is 3. The molecule has 35 heavy (non-hydrogen) atoms. The Morgan fingerprint density at radius 2 is 1.74 bits per heavy atom. The zero-order valence-corrected chi connectivity index (χ0v) is 21.8. The largest absolute Gasteiger partial charge is 0.496 e. The van der Waals surface area contributed by atoms with Gasteiger partial charge in [-0.25, -0.2) is 9.69 Å². The summed E-state index contributed by atoms with van der Waals surface area (Å²) in [5.41, 5.74) is 2.96. The van der Waals surface area contributed by atoms with Gasteiger partial charge in [0.25, 0.3) is 11.8 Å². The number of methoxy groups -OCH3 is 1. The monoisotopic (exact) mass is 572 g/mol. The van der Waals surface area contributed by atoms with Gasteiger partial charge in [0.2, 0.25) is 0 Å². The maximum atomic E-state index is 13.3. The zero-order chi connectivity index (χ0) is 25.3. The number of nitrogens with one attached hydrogen (secondary N) is 1. The second kappa shape index (κ2) is 10.2. The molecule has 6 nitrogen and oxygen atoms in total. The number of halogens is 3. The molecule has 0 aliphatic carbocycles. The molecule has 3 aromatic rings. The normalized spacial score (nSPS) is 14.9. The van der Waals surface area contributed by atoms with E-state index in [2.05, 4.69) is 21.2 Å². The number of urea groups is 1. The predicted octanol–water partition coefficient (Wildman–Crippen LogP) is 6.33. The molecule has 1 heterocycles. The van der Waals surface area contributed by atoms with Gasteiger partial charge >= 0.3 is 6.03 Å². The van der Waals surface area contributed by atoms with Gasteiger partial charge in [-0.15, -0.1) is 0 Å². The van der Waals surface area contributed by atoms with E-state index in [1.54, 1.807) is 37.3 Å². The molecule has 1 fully saturated rings. The number of ether oxygens (including phenoxy) is 1. The van der Waals surface area contributed by atoms with Gasteiger partial charge in [0.15, 0.2) is 0 Å². The first-order valence-corrected chi connectivity index (χ1v) is 12.0. The third kappa shape index (κ3) is 4.98. The van der Waals surface area contributed by atoms with E-state index in [0.717, 1.165) is 16.0 Å². The van der Waals surface area contributed by atoms with Gasteiger partial charge in [0.05, 0.1) is 12.8 Å². The molecule has 4 amide bonds. The molecule has 3 aromatic carbocycles. The van der Waals surface area contributed by atoms with Crippen LogP contribution in [0.15, 0.2) is 64.6 Å². The van der Waals surface area contributed by atoms with Crippen LogP contribution in [0.4, 0.5) is 10.5 Å². The number of hydrogen-bond donors (Lipinski definition) is 1. The molecule has 0 radical (unpaired) electrons. The number of benzene rings is 3. The number of amides is 4. The van der Waals surface area contributed by atoms with Gasteiger partial charge in [0, 0.05) is 26.5 Å². The molecule has 9 heteroatoms. The van der Waals surface area contributed by atoms with Crippen LogP contribution in [0.1, 0.15) is 22.3 Å². The molecule has 1 aliphatic heterocycles. The van der Waals surface area contributed by atoms with Crippen LogP contribution in [0.2, 0.25) is 10.0 Å². The van der Waals surface area contributed by atoms with E-state index in [9.17, 15) is 14.4 Å². The number of nitrogens with zero attached hydrogens (tertiary/aromatic N) is 1. The molecule has 0 aromatic heterocycles. The van der Waals surface area contributed by atoms with Crippen molar-refractivity contribution < 1.29 is 19.1 Å². The summed E-state index contributed by atoms with van der Waals surface area (Å²) in [4.78, 5) is 39.3. The lowest BCUT2D eigenvalue weighted by Crippen LogP contribution is -2.54. The topological polar surface area (TPSA) is 75.7 Å². The quantitative estimate of drug-likeness (QED) is 0.286. The highest BCUT2D eigenvalue weighted by Crippen LogP contribution is 2.34. The average Bonchev–Trinajstić information content (AvgIpc) is 2.82. The Morgan fingerprint density at radius 1 is 1.03 bits per heavy atom. The van der Waals surface area contributed by atoms with Crippen molar-refractivity contribution in [1.29, 1.82) is 0 Å². The van der Waals surface area contributed by atoms with Crippen molar-refractivity contribution in [1.82, 2.24) is 5.32 Å². The predicted molar refractivity (Wildman–Crippen MR) is 140 cm³/mol. The number of barbiturate groups is 1. The maximum Gasteiger partial charge on any atom is 0.335 e. The molecule has 0 spiro atoms. The Hall–Kier alpha value is -3.13. The second-order valence-electron chi connectivity index (χ2n) is 7.79. The Balaban J connectivity index is 1.73. The fourth-order valence-corrected chi connectivity index (χ4v) is 4.75. The minimum absolute atomic E-state index is 0.197. The van der Waals surface area contributed by atoms with Crippen LogP contribution >= 0.6 is 39.1 Å². The van der Waals surface area contributed by atoms with Crippen molar-refractivity contribution in [3.8, 4) is 5.75 Å². The van der Waals surface area contributed by atoms with Crippen molar-refractivity contribution in [2.45, 2.75) is 13.3 Å². The van der Waals surface area contributed by atoms with E-state index in [1.807, 2.05) is 24.3 Å². The van der Waals surface area contributed by atoms with Crippen molar-refractivity contribution >= 4 is 68.7 Å². The van der Waals surface area contributed by atoms with E-state index in [4.69, 9.17) is 27.9 Å². The smallest absolute Gasteiger partial charge is 0.335 e. The highest BCUT2D eigenvalue weighted by atomic mass is 79.9. The van der Waals surface area contributed by atoms with Gasteiger partial charge in [-0.2, -0.15) is 0 Å².